The van der Waals surface area contributed by atoms with E-state index in [1.165, 1.54) is 17.3 Å². The zero-order chi connectivity index (χ0) is 23.2. The smallest absolute Gasteiger partial charge is 0.266 e. The molecule has 0 bridgehead atoms. The molecule has 1 aliphatic heterocycles. The molecule has 3 aromatic carbocycles. The molecule has 0 radical (unpaired) electrons. The Hall–Kier alpha value is -3.51. The van der Waals surface area contributed by atoms with Crippen molar-refractivity contribution in [1.29, 1.82) is 0 Å². The monoisotopic (exact) mass is 458 g/mol. The maximum atomic E-state index is 13.4. The molecule has 1 saturated heterocycles. The largest absolute Gasteiger partial charge is 0.493 e. The van der Waals surface area contributed by atoms with Crippen molar-refractivity contribution in [2.75, 3.05) is 20.8 Å². The molecule has 33 heavy (non-hydrogen) atoms. The van der Waals surface area contributed by atoms with Crippen LogP contribution in [0.3, 0.4) is 0 Å². The van der Waals surface area contributed by atoms with Gasteiger partial charge in [-0.05, 0) is 72.1 Å². The lowest BCUT2D eigenvalue weighted by molar-refractivity contribution is -0.122. The summed E-state index contributed by atoms with van der Waals surface area (Å²) in [5, 5.41) is 0.687. The predicted molar refractivity (Wildman–Crippen MR) is 135 cm³/mol. The molecule has 0 atom stereocenters. The highest BCUT2D eigenvalue weighted by Crippen LogP contribution is 2.37. The second-order valence-electron chi connectivity index (χ2n) is 7.60. The van der Waals surface area contributed by atoms with E-state index in [2.05, 4.69) is 12.1 Å². The third-order valence-corrected chi connectivity index (χ3v) is 6.40. The highest BCUT2D eigenvalue weighted by molar-refractivity contribution is 8.18. The molecule has 1 heterocycles. The van der Waals surface area contributed by atoms with Gasteiger partial charge in [-0.25, -0.2) is 4.99 Å². The standard InChI is InChI=1S/C27H26N2O3S/c1-19-16-23(31-2)24(32-3)17-21(19)18-25-26(30)29(15-14-20-10-6-4-7-11-20)27(33-25)28-22-12-8-5-9-13-22/h4-13,16-18H,14-15H2,1-3H3/b25-18-,28-27?. The summed E-state index contributed by atoms with van der Waals surface area (Å²) < 4.78 is 10.8. The minimum atomic E-state index is -0.0419. The van der Waals surface area contributed by atoms with E-state index < -0.39 is 0 Å². The summed E-state index contributed by atoms with van der Waals surface area (Å²) in [5.74, 6) is 1.25. The number of amides is 1. The van der Waals surface area contributed by atoms with Crippen LogP contribution in [0.4, 0.5) is 5.69 Å². The Labute approximate surface area is 198 Å². The molecule has 4 rings (SSSR count). The minimum absolute atomic E-state index is 0.0419. The quantitative estimate of drug-likeness (QED) is 0.416. The van der Waals surface area contributed by atoms with Crippen molar-refractivity contribution >= 4 is 34.6 Å². The first kappa shape index (κ1) is 22.7. The van der Waals surface area contributed by atoms with Crippen LogP contribution in [0.25, 0.3) is 6.08 Å². The number of aliphatic imine (C=N–C) groups is 1. The fourth-order valence-corrected chi connectivity index (χ4v) is 4.60. The number of methoxy groups -OCH3 is 2. The number of carbonyl (C=O) groups excluding carboxylic acids is 1. The van der Waals surface area contributed by atoms with Crippen molar-refractivity contribution in [2.45, 2.75) is 13.3 Å². The summed E-state index contributed by atoms with van der Waals surface area (Å²) in [7, 11) is 3.22. The number of aryl methyl sites for hydroxylation is 1. The molecule has 0 aliphatic carbocycles. The van der Waals surface area contributed by atoms with E-state index in [1.807, 2.05) is 73.7 Å². The number of ether oxygens (including phenoxy) is 2. The van der Waals surface area contributed by atoms with Gasteiger partial charge < -0.3 is 9.47 Å². The molecule has 1 aliphatic rings. The summed E-state index contributed by atoms with van der Waals surface area (Å²) >= 11 is 1.40. The Kier molecular flexibility index (Phi) is 7.15. The van der Waals surface area contributed by atoms with Crippen molar-refractivity contribution in [3.63, 3.8) is 0 Å². The van der Waals surface area contributed by atoms with Gasteiger partial charge in [0.2, 0.25) is 0 Å². The van der Waals surface area contributed by atoms with E-state index in [0.717, 1.165) is 23.2 Å². The van der Waals surface area contributed by atoms with Crippen LogP contribution >= 0.6 is 11.8 Å². The van der Waals surface area contributed by atoms with Crippen LogP contribution < -0.4 is 9.47 Å². The maximum Gasteiger partial charge on any atom is 0.266 e. The average Bonchev–Trinajstić information content (AvgIpc) is 3.13. The van der Waals surface area contributed by atoms with Crippen LogP contribution in [-0.4, -0.2) is 36.7 Å². The summed E-state index contributed by atoms with van der Waals surface area (Å²) in [6.45, 7) is 2.55. The number of hydrogen-bond donors (Lipinski definition) is 0. The highest BCUT2D eigenvalue weighted by Gasteiger charge is 2.33. The minimum Gasteiger partial charge on any atom is -0.493 e. The zero-order valence-corrected chi connectivity index (χ0v) is 19.8. The molecule has 0 unspecified atom stereocenters. The number of hydrogen-bond acceptors (Lipinski definition) is 5. The molecular formula is C27H26N2O3S. The Morgan fingerprint density at radius 1 is 0.939 bits per heavy atom. The zero-order valence-electron chi connectivity index (χ0n) is 18.9. The molecule has 6 heteroatoms. The molecule has 1 amide bonds. The Morgan fingerprint density at radius 3 is 2.24 bits per heavy atom. The van der Waals surface area contributed by atoms with Gasteiger partial charge in [0.25, 0.3) is 5.91 Å². The van der Waals surface area contributed by atoms with E-state index in [-0.39, 0.29) is 5.91 Å². The van der Waals surface area contributed by atoms with Gasteiger partial charge in [-0.15, -0.1) is 0 Å². The molecule has 3 aromatic rings. The van der Waals surface area contributed by atoms with E-state index >= 15 is 0 Å². The molecule has 0 N–H and O–H groups in total. The molecular weight excluding hydrogens is 432 g/mol. The van der Waals surface area contributed by atoms with Crippen LogP contribution in [0.2, 0.25) is 0 Å². The number of amidine groups is 1. The topological polar surface area (TPSA) is 51.1 Å². The van der Waals surface area contributed by atoms with Gasteiger partial charge in [-0.3, -0.25) is 9.69 Å². The SMILES string of the molecule is COc1cc(C)c(/C=C2\SC(=Nc3ccccc3)N(CCc3ccccc3)C2=O)cc1OC. The average molecular weight is 459 g/mol. The van der Waals surface area contributed by atoms with Crippen molar-refractivity contribution in [1.82, 2.24) is 4.90 Å². The lowest BCUT2D eigenvalue weighted by Gasteiger charge is -2.15. The third-order valence-electron chi connectivity index (χ3n) is 5.39. The van der Waals surface area contributed by atoms with E-state index in [9.17, 15) is 4.79 Å². The lowest BCUT2D eigenvalue weighted by Crippen LogP contribution is -2.31. The maximum absolute atomic E-state index is 13.4. The number of nitrogens with zero attached hydrogens (tertiary/aromatic N) is 2. The first-order valence-electron chi connectivity index (χ1n) is 10.7. The van der Waals surface area contributed by atoms with E-state index in [0.29, 0.717) is 28.1 Å². The Balaban J connectivity index is 1.67. The summed E-state index contributed by atoms with van der Waals surface area (Å²) in [5.41, 5.74) is 3.91. The fourth-order valence-electron chi connectivity index (χ4n) is 3.58. The van der Waals surface area contributed by atoms with Gasteiger partial charge in [-0.2, -0.15) is 0 Å². The normalized spacial score (nSPS) is 16.0. The van der Waals surface area contributed by atoms with Crippen molar-refractivity contribution in [3.05, 3.63) is 94.4 Å². The van der Waals surface area contributed by atoms with Crippen molar-refractivity contribution in [2.24, 2.45) is 4.99 Å². The van der Waals surface area contributed by atoms with E-state index in [4.69, 9.17) is 14.5 Å². The number of rotatable bonds is 7. The van der Waals surface area contributed by atoms with Crippen molar-refractivity contribution in [3.8, 4) is 11.5 Å². The lowest BCUT2D eigenvalue weighted by atomic mass is 10.1. The summed E-state index contributed by atoms with van der Waals surface area (Å²) in [4.78, 5) is 20.6. The van der Waals surface area contributed by atoms with Gasteiger partial charge in [0.1, 0.15) is 0 Å². The van der Waals surface area contributed by atoms with Crippen LogP contribution in [0.1, 0.15) is 16.7 Å². The van der Waals surface area contributed by atoms with Gasteiger partial charge in [0.15, 0.2) is 16.7 Å². The molecule has 0 aromatic heterocycles. The first-order valence-corrected chi connectivity index (χ1v) is 11.5. The molecule has 0 spiro atoms. The summed E-state index contributed by atoms with van der Waals surface area (Å²) in [6, 6.07) is 23.7. The van der Waals surface area contributed by atoms with Gasteiger partial charge in [0.05, 0.1) is 24.8 Å². The van der Waals surface area contributed by atoms with Crippen LogP contribution in [0.5, 0.6) is 11.5 Å². The molecule has 168 valence electrons. The number of carbonyl (C=O) groups is 1. The van der Waals surface area contributed by atoms with Crippen LogP contribution in [0, 0.1) is 6.92 Å². The van der Waals surface area contributed by atoms with Gasteiger partial charge in [-0.1, -0.05) is 48.5 Å². The predicted octanol–water partition coefficient (Wildman–Crippen LogP) is 5.86. The molecule has 0 saturated carbocycles. The Morgan fingerprint density at radius 2 is 1.58 bits per heavy atom. The molecule has 1 fully saturated rings. The van der Waals surface area contributed by atoms with Gasteiger partial charge >= 0.3 is 0 Å². The van der Waals surface area contributed by atoms with Crippen molar-refractivity contribution < 1.29 is 14.3 Å². The Bertz CT molecular complexity index is 1190. The van der Waals surface area contributed by atoms with Crippen LogP contribution in [0.15, 0.2) is 82.7 Å². The molecule has 5 nitrogen and oxygen atoms in total. The van der Waals surface area contributed by atoms with E-state index in [1.54, 1.807) is 19.1 Å². The van der Waals surface area contributed by atoms with Gasteiger partial charge in [0, 0.05) is 6.54 Å². The number of benzene rings is 3. The first-order chi connectivity index (χ1) is 16.1. The number of thioether (sulfide) groups is 1. The highest BCUT2D eigenvalue weighted by atomic mass is 32.2. The summed E-state index contributed by atoms with van der Waals surface area (Å²) in [6.07, 6.45) is 2.66. The number of para-hydroxylation sites is 1. The van der Waals surface area contributed by atoms with Crippen LogP contribution in [-0.2, 0) is 11.2 Å². The second-order valence-corrected chi connectivity index (χ2v) is 8.61. The third kappa shape index (κ3) is 5.29. The second kappa shape index (κ2) is 10.4. The fraction of sp³-hybridized carbons (Fsp3) is 0.185.